The van der Waals surface area contributed by atoms with Crippen LogP contribution < -0.4 is 5.32 Å². The van der Waals surface area contributed by atoms with Gasteiger partial charge in [0.2, 0.25) is 5.89 Å². The molecule has 2 aromatic rings. The zero-order valence-electron chi connectivity index (χ0n) is 14.9. The second kappa shape index (κ2) is 7.23. The first-order chi connectivity index (χ1) is 10.8. The molecule has 0 saturated heterocycles. The molecular formula is C16H27N5O2. The highest BCUT2D eigenvalue weighted by atomic mass is 16.5. The van der Waals surface area contributed by atoms with E-state index in [1.165, 1.54) is 5.56 Å². The van der Waals surface area contributed by atoms with Gasteiger partial charge in [-0.05, 0) is 34.6 Å². The molecule has 2 rings (SSSR count). The van der Waals surface area contributed by atoms with Gasteiger partial charge in [-0.2, -0.15) is 10.1 Å². The number of nitrogens with zero attached hydrogens (tertiary/aromatic N) is 4. The Morgan fingerprint density at radius 2 is 2.13 bits per heavy atom. The van der Waals surface area contributed by atoms with Gasteiger partial charge >= 0.3 is 0 Å². The number of methoxy groups -OCH3 is 1. The van der Waals surface area contributed by atoms with Gasteiger partial charge in [-0.1, -0.05) is 5.16 Å². The molecule has 2 heterocycles. The molecular weight excluding hydrogens is 294 g/mol. The fourth-order valence-electron chi connectivity index (χ4n) is 2.25. The summed E-state index contributed by atoms with van der Waals surface area (Å²) < 4.78 is 12.2. The summed E-state index contributed by atoms with van der Waals surface area (Å²) in [6.45, 7) is 11.7. The quantitative estimate of drug-likeness (QED) is 0.843. The molecule has 23 heavy (non-hydrogen) atoms. The fraction of sp³-hybridized carbons (Fsp3) is 0.688. The topological polar surface area (TPSA) is 78.0 Å². The zero-order chi connectivity index (χ0) is 17.0. The highest BCUT2D eigenvalue weighted by Gasteiger charge is 2.19. The van der Waals surface area contributed by atoms with E-state index >= 15 is 0 Å². The SMILES string of the molecule is COCCc1nc(CNC(C)c2cn(C(C)(C)C)nc2C)no1. The number of aryl methyl sites for hydroxylation is 1. The Bertz CT molecular complexity index is 627. The lowest BCUT2D eigenvalue weighted by Gasteiger charge is -2.19. The predicted molar refractivity (Wildman–Crippen MR) is 87.1 cm³/mol. The van der Waals surface area contributed by atoms with Crippen molar-refractivity contribution < 1.29 is 9.26 Å². The Balaban J connectivity index is 1.95. The zero-order valence-corrected chi connectivity index (χ0v) is 14.9. The summed E-state index contributed by atoms with van der Waals surface area (Å²) in [6.07, 6.45) is 2.74. The van der Waals surface area contributed by atoms with E-state index in [1.54, 1.807) is 7.11 Å². The molecule has 0 aliphatic heterocycles. The van der Waals surface area contributed by atoms with E-state index in [9.17, 15) is 0 Å². The van der Waals surface area contributed by atoms with Crippen LogP contribution in [0.15, 0.2) is 10.7 Å². The first kappa shape index (κ1) is 17.6. The van der Waals surface area contributed by atoms with Gasteiger partial charge in [0.05, 0.1) is 30.8 Å². The van der Waals surface area contributed by atoms with Crippen molar-refractivity contribution in [2.45, 2.75) is 59.2 Å². The van der Waals surface area contributed by atoms with Crippen molar-refractivity contribution in [1.29, 1.82) is 0 Å². The van der Waals surface area contributed by atoms with Crippen molar-refractivity contribution in [2.24, 2.45) is 0 Å². The lowest BCUT2D eigenvalue weighted by molar-refractivity contribution is 0.192. The molecule has 0 amide bonds. The van der Waals surface area contributed by atoms with E-state index in [-0.39, 0.29) is 11.6 Å². The fourth-order valence-corrected chi connectivity index (χ4v) is 2.25. The molecule has 0 spiro atoms. The minimum atomic E-state index is -0.0212. The van der Waals surface area contributed by atoms with Gasteiger partial charge in [0.15, 0.2) is 5.82 Å². The number of ether oxygens (including phenoxy) is 1. The van der Waals surface area contributed by atoms with Crippen molar-refractivity contribution in [3.8, 4) is 0 Å². The van der Waals surface area contributed by atoms with E-state index < -0.39 is 0 Å². The average Bonchev–Trinajstić information content (AvgIpc) is 3.08. The summed E-state index contributed by atoms with van der Waals surface area (Å²) in [5.41, 5.74) is 2.20. The molecule has 0 fully saturated rings. The van der Waals surface area contributed by atoms with Crippen LogP contribution in [-0.2, 0) is 23.2 Å². The molecule has 0 aliphatic rings. The third kappa shape index (κ3) is 4.62. The molecule has 0 aromatic carbocycles. The molecule has 0 bridgehead atoms. The molecule has 1 N–H and O–H groups in total. The molecule has 0 saturated carbocycles. The van der Waals surface area contributed by atoms with Crippen molar-refractivity contribution in [3.63, 3.8) is 0 Å². The van der Waals surface area contributed by atoms with Crippen LogP contribution in [0.2, 0.25) is 0 Å². The van der Waals surface area contributed by atoms with Gasteiger partial charge in [-0.25, -0.2) is 0 Å². The number of rotatable bonds is 7. The second-order valence-corrected chi connectivity index (χ2v) is 6.73. The number of hydrogen-bond donors (Lipinski definition) is 1. The van der Waals surface area contributed by atoms with E-state index in [0.29, 0.717) is 31.3 Å². The Labute approximate surface area is 137 Å². The summed E-state index contributed by atoms with van der Waals surface area (Å²) in [5, 5.41) is 12.0. The van der Waals surface area contributed by atoms with E-state index in [1.807, 2.05) is 11.6 Å². The Morgan fingerprint density at radius 1 is 1.39 bits per heavy atom. The highest BCUT2D eigenvalue weighted by molar-refractivity contribution is 5.20. The van der Waals surface area contributed by atoms with Crippen LogP contribution >= 0.6 is 0 Å². The largest absolute Gasteiger partial charge is 0.384 e. The molecule has 128 valence electrons. The smallest absolute Gasteiger partial charge is 0.229 e. The molecule has 1 unspecified atom stereocenters. The van der Waals surface area contributed by atoms with E-state index in [2.05, 4.69) is 54.4 Å². The first-order valence-electron chi connectivity index (χ1n) is 7.91. The second-order valence-electron chi connectivity index (χ2n) is 6.73. The van der Waals surface area contributed by atoms with Gasteiger partial charge in [0.1, 0.15) is 0 Å². The molecule has 7 heteroatoms. The minimum Gasteiger partial charge on any atom is -0.384 e. The third-order valence-electron chi connectivity index (χ3n) is 3.69. The maximum Gasteiger partial charge on any atom is 0.229 e. The minimum absolute atomic E-state index is 0.0212. The predicted octanol–water partition coefficient (Wildman–Crippen LogP) is 2.37. The van der Waals surface area contributed by atoms with Crippen molar-refractivity contribution in [3.05, 3.63) is 29.2 Å². The summed E-state index contributed by atoms with van der Waals surface area (Å²) in [7, 11) is 1.65. The molecule has 0 radical (unpaired) electrons. The Morgan fingerprint density at radius 3 is 2.74 bits per heavy atom. The summed E-state index contributed by atoms with van der Waals surface area (Å²) in [5.74, 6) is 1.26. The molecule has 7 nitrogen and oxygen atoms in total. The van der Waals surface area contributed by atoms with Crippen molar-refractivity contribution in [1.82, 2.24) is 25.2 Å². The Hall–Kier alpha value is -1.73. The molecule has 0 aliphatic carbocycles. The monoisotopic (exact) mass is 321 g/mol. The van der Waals surface area contributed by atoms with Crippen molar-refractivity contribution in [2.75, 3.05) is 13.7 Å². The van der Waals surface area contributed by atoms with Crippen LogP contribution in [0.1, 0.15) is 56.7 Å². The van der Waals surface area contributed by atoms with Crippen LogP contribution in [0, 0.1) is 6.92 Å². The van der Waals surface area contributed by atoms with Crippen LogP contribution in [0.25, 0.3) is 0 Å². The highest BCUT2D eigenvalue weighted by Crippen LogP contribution is 2.21. The lowest BCUT2D eigenvalue weighted by atomic mass is 10.1. The van der Waals surface area contributed by atoms with Gasteiger partial charge < -0.3 is 14.6 Å². The Kier molecular flexibility index (Phi) is 5.54. The molecule has 2 aromatic heterocycles. The van der Waals surface area contributed by atoms with Crippen LogP contribution in [0.4, 0.5) is 0 Å². The summed E-state index contributed by atoms with van der Waals surface area (Å²) in [4.78, 5) is 4.34. The van der Waals surface area contributed by atoms with E-state index in [0.717, 1.165) is 5.69 Å². The number of aromatic nitrogens is 4. The molecule has 1 atom stereocenters. The summed E-state index contributed by atoms with van der Waals surface area (Å²) in [6, 6.07) is 0.159. The first-order valence-corrected chi connectivity index (χ1v) is 7.91. The van der Waals surface area contributed by atoms with Gasteiger partial charge in [0, 0.05) is 24.9 Å². The van der Waals surface area contributed by atoms with Gasteiger partial charge in [-0.15, -0.1) is 0 Å². The third-order valence-corrected chi connectivity index (χ3v) is 3.69. The van der Waals surface area contributed by atoms with Gasteiger partial charge in [-0.3, -0.25) is 4.68 Å². The maximum atomic E-state index is 5.18. The van der Waals surface area contributed by atoms with Crippen LogP contribution in [-0.4, -0.2) is 33.6 Å². The number of hydrogen-bond acceptors (Lipinski definition) is 6. The lowest BCUT2D eigenvalue weighted by Crippen LogP contribution is -2.22. The number of nitrogens with one attached hydrogen (secondary N) is 1. The summed E-state index contributed by atoms with van der Waals surface area (Å²) >= 11 is 0. The van der Waals surface area contributed by atoms with Crippen LogP contribution in [0.5, 0.6) is 0 Å². The van der Waals surface area contributed by atoms with Gasteiger partial charge in [0.25, 0.3) is 0 Å². The van der Waals surface area contributed by atoms with Crippen LogP contribution in [0.3, 0.4) is 0 Å². The average molecular weight is 321 g/mol. The standard InChI is InChI=1S/C16H27N5O2/c1-11(13-10-21(16(3,4)5)19-12(13)2)17-9-14-18-15(23-20-14)7-8-22-6/h10-11,17H,7-9H2,1-6H3. The normalized spacial score (nSPS) is 13.5. The van der Waals surface area contributed by atoms with Crippen molar-refractivity contribution >= 4 is 0 Å². The van der Waals surface area contributed by atoms with E-state index in [4.69, 9.17) is 9.26 Å². The maximum absolute atomic E-state index is 5.18.